The molecule has 2 aromatic heterocycles. The number of urea groups is 1. The van der Waals surface area contributed by atoms with Gasteiger partial charge in [0, 0.05) is 42.5 Å². The summed E-state index contributed by atoms with van der Waals surface area (Å²) in [7, 11) is 0. The number of hydrogen-bond acceptors (Lipinski definition) is 8. The van der Waals surface area contributed by atoms with Crippen LogP contribution in [-0.2, 0) is 16.0 Å². The minimum absolute atomic E-state index is 0.104. The van der Waals surface area contributed by atoms with E-state index in [-0.39, 0.29) is 36.2 Å². The van der Waals surface area contributed by atoms with E-state index in [2.05, 4.69) is 45.3 Å². The average molecular weight is 577 g/mol. The van der Waals surface area contributed by atoms with Crippen LogP contribution in [0.4, 0.5) is 16.2 Å². The molecule has 11 heteroatoms. The van der Waals surface area contributed by atoms with E-state index in [4.69, 9.17) is 15.2 Å². The Morgan fingerprint density at radius 2 is 2.22 bits per heavy atom. The van der Waals surface area contributed by atoms with Crippen LogP contribution in [0.15, 0.2) is 69.9 Å². The maximum atomic E-state index is 13.5. The number of ether oxygens (including phenoxy) is 2. The summed E-state index contributed by atoms with van der Waals surface area (Å²) in [6.07, 6.45) is 14.2. The molecule has 10 nitrogen and oxygen atoms in total. The van der Waals surface area contributed by atoms with Gasteiger partial charge in [0.2, 0.25) is 5.90 Å². The van der Waals surface area contributed by atoms with Crippen molar-refractivity contribution in [1.29, 1.82) is 0 Å². The molecule has 0 radical (unpaired) electrons. The van der Waals surface area contributed by atoms with E-state index in [0.29, 0.717) is 36.6 Å². The number of aliphatic imine (C=N–C) groups is 1. The Morgan fingerprint density at radius 1 is 1.32 bits per heavy atom. The topological polar surface area (TPSA) is 122 Å². The minimum Gasteiger partial charge on any atom is -0.488 e. The fourth-order valence-corrected chi connectivity index (χ4v) is 5.87. The highest BCUT2D eigenvalue weighted by Gasteiger charge is 2.28. The highest BCUT2D eigenvalue weighted by atomic mass is 32.1. The number of rotatable bonds is 9. The third-order valence-corrected chi connectivity index (χ3v) is 8.13. The highest BCUT2D eigenvalue weighted by Crippen LogP contribution is 2.25. The number of amides is 3. The maximum absolute atomic E-state index is 13.5. The zero-order valence-electron chi connectivity index (χ0n) is 23.3. The van der Waals surface area contributed by atoms with Crippen LogP contribution in [0.1, 0.15) is 55.1 Å². The molecule has 3 aliphatic rings. The molecule has 216 valence electrons. The second kappa shape index (κ2) is 13.6. The van der Waals surface area contributed by atoms with Crippen LogP contribution in [0.3, 0.4) is 0 Å². The molecule has 3 N–H and O–H groups in total. The second-order valence-corrected chi connectivity index (χ2v) is 11.0. The van der Waals surface area contributed by atoms with Crippen molar-refractivity contribution in [1.82, 2.24) is 14.8 Å². The molecule has 1 saturated heterocycles. The number of nitrogens with zero attached hydrogens (tertiary/aromatic N) is 4. The van der Waals surface area contributed by atoms with Crippen LogP contribution in [-0.4, -0.2) is 64.9 Å². The lowest BCUT2D eigenvalue weighted by Gasteiger charge is -2.29. The van der Waals surface area contributed by atoms with Crippen molar-refractivity contribution < 1.29 is 19.1 Å². The lowest BCUT2D eigenvalue weighted by atomic mass is 10.0. The van der Waals surface area contributed by atoms with Gasteiger partial charge in [-0.05, 0) is 50.4 Å². The number of likely N-dealkylation sites (N-methyl/N-ethyl adjacent to an activating group) is 1. The fraction of sp³-hybridized carbons (Fsp3) is 0.400. The molecule has 1 unspecified atom stereocenters. The number of nitrogen functional groups attached to an aromatic ring is 1. The van der Waals surface area contributed by atoms with Crippen LogP contribution in [0.2, 0.25) is 0 Å². The number of pyridine rings is 1. The van der Waals surface area contributed by atoms with E-state index >= 15 is 0 Å². The number of allylic oxidation sites excluding steroid dienone is 4. The number of hydrogen-bond donors (Lipinski definition) is 2. The number of thiophene rings is 1. The summed E-state index contributed by atoms with van der Waals surface area (Å²) in [5, 5.41) is 6.32. The largest absolute Gasteiger partial charge is 0.488 e. The summed E-state index contributed by atoms with van der Waals surface area (Å²) in [6.45, 7) is 5.03. The molecule has 4 heterocycles. The van der Waals surface area contributed by atoms with E-state index in [1.165, 1.54) is 16.9 Å². The first-order chi connectivity index (χ1) is 20.0. The molecule has 2 aromatic rings. The molecule has 1 fully saturated rings. The van der Waals surface area contributed by atoms with Crippen LogP contribution < -0.4 is 11.1 Å². The first-order valence-corrected chi connectivity index (χ1v) is 14.9. The molecule has 0 bridgehead atoms. The number of carbonyl (C=O) groups excluding carboxylic acids is 2. The highest BCUT2D eigenvalue weighted by molar-refractivity contribution is 7.09. The summed E-state index contributed by atoms with van der Waals surface area (Å²) in [5.74, 6) is 0.552. The van der Waals surface area contributed by atoms with Gasteiger partial charge in [0.05, 0.1) is 11.4 Å². The van der Waals surface area contributed by atoms with Crippen LogP contribution in [0, 0.1) is 0 Å². The van der Waals surface area contributed by atoms with E-state index in [9.17, 15) is 9.59 Å². The summed E-state index contributed by atoms with van der Waals surface area (Å²) in [5.41, 5.74) is 9.27. The second-order valence-electron chi connectivity index (χ2n) is 10.3. The molecule has 0 saturated carbocycles. The van der Waals surface area contributed by atoms with Gasteiger partial charge in [-0.1, -0.05) is 36.8 Å². The van der Waals surface area contributed by atoms with E-state index in [0.717, 1.165) is 44.3 Å². The summed E-state index contributed by atoms with van der Waals surface area (Å²) >= 11 is 1.41. The lowest BCUT2D eigenvalue weighted by molar-refractivity contribution is 0.102. The number of anilines is 2. The predicted molar refractivity (Wildman–Crippen MR) is 161 cm³/mol. The standard InChI is InChI=1S/C30H36N6O4S/c1-2-35-12-6-9-23(35)16-36(15-22-10-11-26(32-14-22)29(37)33-27-20-41-19-25(27)31)30(38)34-28-18-39-17-24(40-28)13-21-7-4-3-5-8-21/h3-4,7,10-11,14,17,19-20,23H,2,5-6,8-9,12-13,15-16,18,31H2,1H3,(H,33,37). The first-order valence-electron chi connectivity index (χ1n) is 14.0. The average Bonchev–Trinajstić information content (AvgIpc) is 3.61. The molecule has 41 heavy (non-hydrogen) atoms. The minimum atomic E-state index is -0.387. The molecule has 5 rings (SSSR count). The summed E-state index contributed by atoms with van der Waals surface area (Å²) < 4.78 is 11.6. The molecule has 2 aliphatic heterocycles. The number of aromatic nitrogens is 1. The third-order valence-electron chi connectivity index (χ3n) is 7.37. The van der Waals surface area contributed by atoms with Gasteiger partial charge in [-0.3, -0.25) is 14.7 Å². The Morgan fingerprint density at radius 3 is 2.95 bits per heavy atom. The zero-order chi connectivity index (χ0) is 28.6. The van der Waals surface area contributed by atoms with Gasteiger partial charge in [-0.25, -0.2) is 4.79 Å². The SMILES string of the molecule is CCN1CCCC1CN(Cc1ccc(C(=O)Nc2cscc2N)nc1)C(=O)N=C1COC=C(CC2=CC=CCC2)O1. The Balaban J connectivity index is 1.27. The molecule has 1 atom stereocenters. The van der Waals surface area contributed by atoms with Gasteiger partial charge in [0.15, 0.2) is 6.61 Å². The van der Waals surface area contributed by atoms with Crippen molar-refractivity contribution in [3.05, 3.63) is 76.2 Å². The van der Waals surface area contributed by atoms with E-state index < -0.39 is 0 Å². The monoisotopic (exact) mass is 576 g/mol. The van der Waals surface area contributed by atoms with Gasteiger partial charge in [0.25, 0.3) is 5.91 Å². The van der Waals surface area contributed by atoms with Crippen molar-refractivity contribution in [2.24, 2.45) is 4.99 Å². The molecular weight excluding hydrogens is 540 g/mol. The van der Waals surface area contributed by atoms with Crippen molar-refractivity contribution >= 4 is 40.5 Å². The third kappa shape index (κ3) is 7.62. The molecule has 3 amide bonds. The van der Waals surface area contributed by atoms with Gasteiger partial charge in [-0.15, -0.1) is 11.3 Å². The smallest absolute Gasteiger partial charge is 0.347 e. The Bertz CT molecular complexity index is 1360. The first kappa shape index (κ1) is 28.6. The zero-order valence-corrected chi connectivity index (χ0v) is 24.1. The van der Waals surface area contributed by atoms with Gasteiger partial charge in [-0.2, -0.15) is 4.99 Å². The number of likely N-dealkylation sites (tertiary alicyclic amines) is 1. The Labute approximate surface area is 244 Å². The maximum Gasteiger partial charge on any atom is 0.347 e. The summed E-state index contributed by atoms with van der Waals surface area (Å²) in [4.78, 5) is 39.0. The van der Waals surface area contributed by atoms with Crippen LogP contribution in [0.25, 0.3) is 0 Å². The molecule has 0 aromatic carbocycles. The quantitative estimate of drug-likeness (QED) is 0.413. The van der Waals surface area contributed by atoms with Gasteiger partial charge >= 0.3 is 6.03 Å². The number of carbonyl (C=O) groups is 2. The summed E-state index contributed by atoms with van der Waals surface area (Å²) in [6, 6.07) is 3.33. The normalized spacial score (nSPS) is 19.7. The van der Waals surface area contributed by atoms with Crippen LogP contribution in [0.5, 0.6) is 0 Å². The van der Waals surface area contributed by atoms with Crippen LogP contribution >= 0.6 is 11.3 Å². The lowest BCUT2D eigenvalue weighted by Crippen LogP contribution is -2.42. The predicted octanol–water partition coefficient (Wildman–Crippen LogP) is 5.34. The van der Waals surface area contributed by atoms with Crippen molar-refractivity contribution in [3.63, 3.8) is 0 Å². The van der Waals surface area contributed by atoms with Gasteiger partial charge < -0.3 is 25.4 Å². The molecule has 1 aliphatic carbocycles. The van der Waals surface area contributed by atoms with Gasteiger partial charge in [0.1, 0.15) is 17.7 Å². The Kier molecular flexibility index (Phi) is 9.48. The number of nitrogens with one attached hydrogen (secondary N) is 1. The fourth-order valence-electron chi connectivity index (χ4n) is 5.19. The van der Waals surface area contributed by atoms with E-state index in [1.807, 2.05) is 6.07 Å². The van der Waals surface area contributed by atoms with Crippen molar-refractivity contribution in [2.45, 2.75) is 51.6 Å². The van der Waals surface area contributed by atoms with Crippen molar-refractivity contribution in [3.8, 4) is 0 Å². The molecule has 0 spiro atoms. The Hall–Kier alpha value is -3.96. The van der Waals surface area contributed by atoms with E-state index in [1.54, 1.807) is 34.2 Å². The van der Waals surface area contributed by atoms with Crippen molar-refractivity contribution in [2.75, 3.05) is 37.3 Å². The molecular formula is C30H36N6O4S. The number of nitrogens with two attached hydrogens (primary N) is 1.